The van der Waals surface area contributed by atoms with Crippen molar-refractivity contribution in [2.24, 2.45) is 0 Å². The molecule has 2 rings (SSSR count). The first-order valence-electron chi connectivity index (χ1n) is 4.56. The van der Waals surface area contributed by atoms with E-state index >= 15 is 0 Å². The molecular formula is C11H12O3. The number of epoxide rings is 1. The number of carbonyl (C=O) groups excluding carboxylic acids is 1. The minimum absolute atomic E-state index is 0.210. The van der Waals surface area contributed by atoms with Crippen molar-refractivity contribution in [3.05, 3.63) is 35.4 Å². The maximum absolute atomic E-state index is 11.1. The van der Waals surface area contributed by atoms with Crippen LogP contribution in [0.5, 0.6) is 0 Å². The van der Waals surface area contributed by atoms with Crippen molar-refractivity contribution in [1.29, 1.82) is 0 Å². The molecule has 14 heavy (non-hydrogen) atoms. The number of hydrogen-bond acceptors (Lipinski definition) is 3. The Bertz CT molecular complexity index is 342. The van der Waals surface area contributed by atoms with Crippen molar-refractivity contribution in [1.82, 2.24) is 0 Å². The molecule has 1 saturated heterocycles. The maximum Gasteiger partial charge on any atom is 0.337 e. The molecule has 1 aromatic rings. The van der Waals surface area contributed by atoms with Gasteiger partial charge in [0, 0.05) is 0 Å². The Labute approximate surface area is 82.6 Å². The Morgan fingerprint density at radius 2 is 1.93 bits per heavy atom. The molecular weight excluding hydrogens is 180 g/mol. The summed E-state index contributed by atoms with van der Waals surface area (Å²) in [6.07, 6.45) is 0.515. The lowest BCUT2D eigenvalue weighted by atomic mass is 10.1. The van der Waals surface area contributed by atoms with Crippen LogP contribution in [0.3, 0.4) is 0 Å². The second-order valence-electron chi connectivity index (χ2n) is 3.38. The Morgan fingerprint density at radius 1 is 1.36 bits per heavy atom. The van der Waals surface area contributed by atoms with Gasteiger partial charge in [0.15, 0.2) is 0 Å². The predicted molar refractivity (Wildman–Crippen MR) is 51.1 cm³/mol. The minimum atomic E-state index is -0.304. The van der Waals surface area contributed by atoms with Gasteiger partial charge in [0.1, 0.15) is 6.10 Å². The molecule has 1 heterocycles. The molecule has 3 nitrogen and oxygen atoms in total. The predicted octanol–water partition coefficient (Wildman–Crippen LogP) is 1.93. The summed E-state index contributed by atoms with van der Waals surface area (Å²) in [5.41, 5.74) is 1.69. The van der Waals surface area contributed by atoms with Crippen molar-refractivity contribution < 1.29 is 14.3 Å². The first kappa shape index (κ1) is 9.21. The van der Waals surface area contributed by atoms with Gasteiger partial charge in [0.25, 0.3) is 0 Å². The third-order valence-corrected chi connectivity index (χ3v) is 2.37. The summed E-state index contributed by atoms with van der Waals surface area (Å²) in [7, 11) is 1.38. The Balaban J connectivity index is 2.14. The molecule has 0 radical (unpaired) electrons. The number of benzene rings is 1. The summed E-state index contributed by atoms with van der Waals surface area (Å²) >= 11 is 0. The van der Waals surface area contributed by atoms with Gasteiger partial charge in [-0.2, -0.15) is 0 Å². The van der Waals surface area contributed by atoms with Crippen LogP contribution in [0.2, 0.25) is 0 Å². The molecule has 0 aliphatic carbocycles. The van der Waals surface area contributed by atoms with Crippen LogP contribution in [0.15, 0.2) is 24.3 Å². The van der Waals surface area contributed by atoms with Crippen LogP contribution in [0.1, 0.15) is 28.9 Å². The average molecular weight is 192 g/mol. The Kier molecular flexibility index (Phi) is 2.25. The number of esters is 1. The molecule has 1 aromatic carbocycles. The van der Waals surface area contributed by atoms with Gasteiger partial charge in [-0.05, 0) is 24.6 Å². The van der Waals surface area contributed by atoms with Crippen LogP contribution in [0.4, 0.5) is 0 Å². The second kappa shape index (κ2) is 3.42. The second-order valence-corrected chi connectivity index (χ2v) is 3.38. The van der Waals surface area contributed by atoms with Gasteiger partial charge in [-0.3, -0.25) is 0 Å². The van der Waals surface area contributed by atoms with Crippen LogP contribution in [0, 0.1) is 0 Å². The van der Waals surface area contributed by atoms with E-state index in [0.717, 1.165) is 5.56 Å². The topological polar surface area (TPSA) is 38.8 Å². The molecule has 1 fully saturated rings. The SMILES string of the molecule is COC(=O)c1ccc(C2OC2C)cc1. The van der Waals surface area contributed by atoms with Crippen molar-refractivity contribution >= 4 is 5.97 Å². The van der Waals surface area contributed by atoms with Gasteiger partial charge in [-0.25, -0.2) is 4.79 Å². The van der Waals surface area contributed by atoms with Crippen LogP contribution >= 0.6 is 0 Å². The van der Waals surface area contributed by atoms with E-state index < -0.39 is 0 Å². The molecule has 1 aliphatic heterocycles. The van der Waals surface area contributed by atoms with Crippen LogP contribution < -0.4 is 0 Å². The fraction of sp³-hybridized carbons (Fsp3) is 0.364. The van der Waals surface area contributed by atoms with E-state index in [1.807, 2.05) is 19.1 Å². The van der Waals surface area contributed by atoms with Gasteiger partial charge in [-0.1, -0.05) is 12.1 Å². The lowest BCUT2D eigenvalue weighted by Gasteiger charge is -1.99. The lowest BCUT2D eigenvalue weighted by molar-refractivity contribution is 0.0600. The molecule has 0 aromatic heterocycles. The van der Waals surface area contributed by atoms with E-state index in [2.05, 4.69) is 4.74 Å². The van der Waals surface area contributed by atoms with Gasteiger partial charge in [0.2, 0.25) is 0 Å². The maximum atomic E-state index is 11.1. The molecule has 1 aliphatic rings. The van der Waals surface area contributed by atoms with Crippen LogP contribution in [-0.4, -0.2) is 19.2 Å². The molecule has 0 saturated carbocycles. The first-order chi connectivity index (χ1) is 6.72. The third kappa shape index (κ3) is 1.63. The summed E-state index contributed by atoms with van der Waals surface area (Å²) in [5.74, 6) is -0.304. The highest BCUT2D eigenvalue weighted by molar-refractivity contribution is 5.89. The average Bonchev–Trinajstić information content (AvgIpc) is 2.95. The number of ether oxygens (including phenoxy) is 2. The number of carbonyl (C=O) groups is 1. The summed E-state index contributed by atoms with van der Waals surface area (Å²) in [5, 5.41) is 0. The molecule has 2 unspecified atom stereocenters. The Morgan fingerprint density at radius 3 is 2.36 bits per heavy atom. The van der Waals surface area contributed by atoms with E-state index in [1.54, 1.807) is 12.1 Å². The van der Waals surface area contributed by atoms with Gasteiger partial charge >= 0.3 is 5.97 Å². The van der Waals surface area contributed by atoms with E-state index in [4.69, 9.17) is 4.74 Å². The van der Waals surface area contributed by atoms with E-state index in [1.165, 1.54) is 7.11 Å². The summed E-state index contributed by atoms with van der Waals surface area (Å²) in [6.45, 7) is 2.03. The third-order valence-electron chi connectivity index (χ3n) is 2.37. The largest absolute Gasteiger partial charge is 0.465 e. The van der Waals surface area contributed by atoms with Crippen LogP contribution in [-0.2, 0) is 9.47 Å². The molecule has 2 atom stereocenters. The molecule has 0 N–H and O–H groups in total. The number of methoxy groups -OCH3 is 1. The van der Waals surface area contributed by atoms with E-state index in [-0.39, 0.29) is 12.1 Å². The van der Waals surface area contributed by atoms with Crippen molar-refractivity contribution in [3.63, 3.8) is 0 Å². The number of hydrogen-bond donors (Lipinski definition) is 0. The van der Waals surface area contributed by atoms with E-state index in [9.17, 15) is 4.79 Å². The first-order valence-corrected chi connectivity index (χ1v) is 4.56. The molecule has 3 heteroatoms. The molecule has 0 spiro atoms. The van der Waals surface area contributed by atoms with Gasteiger partial charge < -0.3 is 9.47 Å². The van der Waals surface area contributed by atoms with Gasteiger partial charge in [-0.15, -0.1) is 0 Å². The normalized spacial score (nSPS) is 24.4. The highest BCUT2D eigenvalue weighted by atomic mass is 16.6. The lowest BCUT2D eigenvalue weighted by Crippen LogP contribution is -2.00. The zero-order valence-corrected chi connectivity index (χ0v) is 8.19. The van der Waals surface area contributed by atoms with Crippen LogP contribution in [0.25, 0.3) is 0 Å². The number of rotatable bonds is 2. The summed E-state index contributed by atoms with van der Waals surface area (Å²) in [6, 6.07) is 7.33. The smallest absolute Gasteiger partial charge is 0.337 e. The molecule has 0 bridgehead atoms. The zero-order valence-electron chi connectivity index (χ0n) is 8.19. The quantitative estimate of drug-likeness (QED) is 0.531. The van der Waals surface area contributed by atoms with Crippen molar-refractivity contribution in [3.8, 4) is 0 Å². The summed E-state index contributed by atoms with van der Waals surface area (Å²) in [4.78, 5) is 11.1. The zero-order chi connectivity index (χ0) is 10.1. The van der Waals surface area contributed by atoms with Crippen molar-refractivity contribution in [2.75, 3.05) is 7.11 Å². The fourth-order valence-electron chi connectivity index (χ4n) is 1.46. The standard InChI is InChI=1S/C11H12O3/c1-7-10(14-7)8-3-5-9(6-4-8)11(12)13-2/h3-7,10H,1-2H3. The fourth-order valence-corrected chi connectivity index (χ4v) is 1.46. The van der Waals surface area contributed by atoms with E-state index in [0.29, 0.717) is 11.7 Å². The summed E-state index contributed by atoms with van der Waals surface area (Å²) < 4.78 is 9.92. The monoisotopic (exact) mass is 192 g/mol. The van der Waals surface area contributed by atoms with Crippen molar-refractivity contribution in [2.45, 2.75) is 19.1 Å². The highest BCUT2D eigenvalue weighted by Gasteiger charge is 2.35. The highest BCUT2D eigenvalue weighted by Crippen LogP contribution is 2.37. The molecule has 0 amide bonds. The molecule has 74 valence electrons. The minimum Gasteiger partial charge on any atom is -0.465 e. The van der Waals surface area contributed by atoms with Gasteiger partial charge in [0.05, 0.1) is 18.8 Å². The Hall–Kier alpha value is -1.35.